The Hall–Kier alpha value is -2.02. The third kappa shape index (κ3) is 2.70. The summed E-state index contributed by atoms with van der Waals surface area (Å²) in [7, 11) is 0. The van der Waals surface area contributed by atoms with Gasteiger partial charge < -0.3 is 9.88 Å². The third-order valence-corrected chi connectivity index (χ3v) is 5.96. The van der Waals surface area contributed by atoms with Crippen molar-refractivity contribution in [1.29, 1.82) is 0 Å². The molecule has 1 atom stereocenters. The maximum atomic E-state index is 13.4. The molecule has 4 heterocycles. The summed E-state index contributed by atoms with van der Waals surface area (Å²) in [5.41, 5.74) is 3.09. The van der Waals surface area contributed by atoms with Crippen LogP contribution < -0.4 is 0 Å². The molecule has 25 heavy (non-hydrogen) atoms. The van der Waals surface area contributed by atoms with Crippen LogP contribution in [0.3, 0.4) is 0 Å². The first kappa shape index (κ1) is 15.3. The number of nitrogens with one attached hydrogen (secondary N) is 1. The number of halogens is 1. The first-order valence-corrected chi connectivity index (χ1v) is 9.31. The fraction of sp³-hybridized carbons (Fsp3) is 0.611. The van der Waals surface area contributed by atoms with Gasteiger partial charge in [-0.3, -0.25) is 0 Å². The van der Waals surface area contributed by atoms with E-state index >= 15 is 0 Å². The molecular weight excluding hydrogens is 319 g/mol. The van der Waals surface area contributed by atoms with Crippen LogP contribution in [0.25, 0.3) is 16.6 Å². The SMILES string of the molecule is F[C@@H]1CCN(CC2CCC(c3nnn4cnc5[nH]ccc5c34)CC2)C1. The number of fused-ring (bicyclic) bond motifs is 3. The van der Waals surface area contributed by atoms with Crippen LogP contribution in [-0.2, 0) is 0 Å². The Morgan fingerprint density at radius 2 is 2.08 bits per heavy atom. The first-order chi connectivity index (χ1) is 12.3. The van der Waals surface area contributed by atoms with Gasteiger partial charge >= 0.3 is 0 Å². The number of aromatic nitrogens is 5. The molecule has 7 heteroatoms. The number of H-pyrrole nitrogens is 1. The summed E-state index contributed by atoms with van der Waals surface area (Å²) < 4.78 is 15.2. The topological polar surface area (TPSA) is 62.1 Å². The van der Waals surface area contributed by atoms with Gasteiger partial charge in [-0.05, 0) is 44.1 Å². The first-order valence-electron chi connectivity index (χ1n) is 9.31. The summed E-state index contributed by atoms with van der Waals surface area (Å²) in [6.07, 6.45) is 8.41. The zero-order valence-electron chi connectivity index (χ0n) is 14.2. The largest absolute Gasteiger partial charge is 0.346 e. The monoisotopic (exact) mass is 342 g/mol. The molecule has 0 spiro atoms. The lowest BCUT2D eigenvalue weighted by molar-refractivity contribution is 0.210. The number of hydrogen-bond acceptors (Lipinski definition) is 4. The standard InChI is InChI=1S/C18H23FN6/c19-14-6-8-24(10-14)9-12-1-3-13(4-2-12)16-17-15-5-7-20-18(15)21-11-25(17)23-22-16/h5,7,11-14,20H,1-4,6,8-10H2/t12?,13?,14-/m1/s1. The molecule has 0 aromatic carbocycles. The molecule has 3 aromatic rings. The van der Waals surface area contributed by atoms with Gasteiger partial charge in [0.25, 0.3) is 0 Å². The molecule has 1 saturated carbocycles. The van der Waals surface area contributed by atoms with E-state index in [-0.39, 0.29) is 0 Å². The van der Waals surface area contributed by atoms with Crippen LogP contribution in [0, 0.1) is 5.92 Å². The van der Waals surface area contributed by atoms with E-state index in [2.05, 4.69) is 31.2 Å². The van der Waals surface area contributed by atoms with Gasteiger partial charge in [-0.1, -0.05) is 5.21 Å². The summed E-state index contributed by atoms with van der Waals surface area (Å²) in [5, 5.41) is 9.85. The minimum Gasteiger partial charge on any atom is -0.346 e. The van der Waals surface area contributed by atoms with E-state index in [0.29, 0.717) is 24.8 Å². The molecule has 1 N–H and O–H groups in total. The van der Waals surface area contributed by atoms with Gasteiger partial charge in [0.05, 0.1) is 5.69 Å². The quantitative estimate of drug-likeness (QED) is 0.795. The molecule has 3 aromatic heterocycles. The molecule has 132 valence electrons. The molecule has 1 aliphatic heterocycles. The molecule has 0 amide bonds. The van der Waals surface area contributed by atoms with E-state index in [9.17, 15) is 4.39 Å². The Morgan fingerprint density at radius 1 is 1.20 bits per heavy atom. The van der Waals surface area contributed by atoms with E-state index in [4.69, 9.17) is 0 Å². The van der Waals surface area contributed by atoms with Crippen LogP contribution in [-0.4, -0.2) is 55.5 Å². The second-order valence-electron chi connectivity index (χ2n) is 7.62. The highest BCUT2D eigenvalue weighted by atomic mass is 19.1. The van der Waals surface area contributed by atoms with Gasteiger partial charge in [0.15, 0.2) is 0 Å². The molecule has 1 saturated heterocycles. The smallest absolute Gasteiger partial charge is 0.141 e. The average Bonchev–Trinajstić information content (AvgIpc) is 3.34. The van der Waals surface area contributed by atoms with E-state index < -0.39 is 6.17 Å². The van der Waals surface area contributed by atoms with Crippen LogP contribution in [0.5, 0.6) is 0 Å². The van der Waals surface area contributed by atoms with Crippen molar-refractivity contribution in [3.05, 3.63) is 24.3 Å². The minimum absolute atomic E-state index is 0.460. The maximum absolute atomic E-state index is 13.4. The summed E-state index contributed by atoms with van der Waals surface area (Å²) in [5.74, 6) is 1.15. The van der Waals surface area contributed by atoms with Gasteiger partial charge in [0, 0.05) is 37.1 Å². The molecule has 0 bridgehead atoms. The van der Waals surface area contributed by atoms with Crippen molar-refractivity contribution in [2.45, 2.75) is 44.2 Å². The highest BCUT2D eigenvalue weighted by Crippen LogP contribution is 2.38. The predicted octanol–water partition coefficient (Wildman–Crippen LogP) is 2.92. The highest BCUT2D eigenvalue weighted by molar-refractivity contribution is 5.92. The van der Waals surface area contributed by atoms with Crippen molar-refractivity contribution in [2.75, 3.05) is 19.6 Å². The summed E-state index contributed by atoms with van der Waals surface area (Å²) in [6, 6.07) is 2.05. The van der Waals surface area contributed by atoms with Crippen LogP contribution in [0.15, 0.2) is 18.6 Å². The van der Waals surface area contributed by atoms with Crippen molar-refractivity contribution in [2.24, 2.45) is 5.92 Å². The molecule has 2 aliphatic rings. The number of rotatable bonds is 3. The van der Waals surface area contributed by atoms with Crippen LogP contribution in [0.4, 0.5) is 4.39 Å². The number of aromatic amines is 1. The van der Waals surface area contributed by atoms with Gasteiger partial charge in [0.1, 0.15) is 23.7 Å². The van der Waals surface area contributed by atoms with Gasteiger partial charge in [-0.25, -0.2) is 13.9 Å². The van der Waals surface area contributed by atoms with E-state index in [1.165, 1.54) is 12.8 Å². The van der Waals surface area contributed by atoms with Crippen molar-refractivity contribution < 1.29 is 4.39 Å². The second kappa shape index (κ2) is 6.05. The van der Waals surface area contributed by atoms with Crippen LogP contribution in [0.1, 0.15) is 43.7 Å². The molecule has 0 radical (unpaired) electrons. The summed E-state index contributed by atoms with van der Waals surface area (Å²) in [6.45, 7) is 2.62. The average molecular weight is 342 g/mol. The lowest BCUT2D eigenvalue weighted by Gasteiger charge is -2.30. The van der Waals surface area contributed by atoms with E-state index in [0.717, 1.165) is 48.2 Å². The minimum atomic E-state index is -0.614. The fourth-order valence-corrected chi connectivity index (χ4v) is 4.63. The Kier molecular flexibility index (Phi) is 3.69. The molecule has 5 rings (SSSR count). The Bertz CT molecular complexity index is 878. The van der Waals surface area contributed by atoms with Crippen molar-refractivity contribution in [3.63, 3.8) is 0 Å². The van der Waals surface area contributed by atoms with E-state index in [1.54, 1.807) is 10.8 Å². The molecule has 6 nitrogen and oxygen atoms in total. The normalized spacial score (nSPS) is 28.3. The number of nitrogens with zero attached hydrogens (tertiary/aromatic N) is 5. The lowest BCUT2D eigenvalue weighted by atomic mass is 9.80. The maximum Gasteiger partial charge on any atom is 0.141 e. The lowest BCUT2D eigenvalue weighted by Crippen LogP contribution is -2.30. The molecule has 2 fully saturated rings. The molecule has 0 unspecified atom stereocenters. The Labute approximate surface area is 145 Å². The van der Waals surface area contributed by atoms with Gasteiger partial charge in [-0.2, -0.15) is 0 Å². The molecule has 1 aliphatic carbocycles. The third-order valence-electron chi connectivity index (χ3n) is 5.96. The van der Waals surface area contributed by atoms with Gasteiger partial charge in [0.2, 0.25) is 0 Å². The van der Waals surface area contributed by atoms with Crippen LogP contribution >= 0.6 is 0 Å². The van der Waals surface area contributed by atoms with Crippen molar-refractivity contribution >= 4 is 16.6 Å². The van der Waals surface area contributed by atoms with Crippen molar-refractivity contribution in [3.8, 4) is 0 Å². The zero-order chi connectivity index (χ0) is 16.8. The Balaban J connectivity index is 1.32. The predicted molar refractivity (Wildman–Crippen MR) is 93.3 cm³/mol. The number of alkyl halides is 1. The number of likely N-dealkylation sites (tertiary alicyclic amines) is 1. The van der Waals surface area contributed by atoms with Crippen LogP contribution in [0.2, 0.25) is 0 Å². The van der Waals surface area contributed by atoms with Crippen molar-refractivity contribution in [1.82, 2.24) is 29.7 Å². The molecular formula is C18H23FN6. The summed E-state index contributed by atoms with van der Waals surface area (Å²) in [4.78, 5) is 9.84. The van der Waals surface area contributed by atoms with Gasteiger partial charge in [-0.15, -0.1) is 5.10 Å². The highest BCUT2D eigenvalue weighted by Gasteiger charge is 2.29. The Morgan fingerprint density at radius 3 is 2.88 bits per heavy atom. The second-order valence-corrected chi connectivity index (χ2v) is 7.62. The van der Waals surface area contributed by atoms with E-state index in [1.807, 2.05) is 6.20 Å². The zero-order valence-corrected chi connectivity index (χ0v) is 14.2. The number of hydrogen-bond donors (Lipinski definition) is 1. The fourth-order valence-electron chi connectivity index (χ4n) is 4.63. The summed E-state index contributed by atoms with van der Waals surface area (Å²) >= 11 is 0.